The number of amides is 1. The third-order valence-corrected chi connectivity index (χ3v) is 8.19. The molecule has 0 saturated heterocycles. The molecular formula is C27H25N3O4S2. The Kier molecular flexibility index (Phi) is 6.44. The largest absolute Gasteiger partial charge is 0.463 e. The van der Waals surface area contributed by atoms with Gasteiger partial charge in [-0.15, -0.1) is 11.8 Å². The number of allylic oxidation sites excluding steroid dienone is 1. The summed E-state index contributed by atoms with van der Waals surface area (Å²) in [7, 11) is 0. The quantitative estimate of drug-likeness (QED) is 0.382. The summed E-state index contributed by atoms with van der Waals surface area (Å²) in [5.41, 5.74) is 3.16. The number of thioether (sulfide) groups is 1. The highest BCUT2D eigenvalue weighted by Gasteiger charge is 2.36. The Morgan fingerprint density at radius 2 is 1.83 bits per heavy atom. The molecule has 0 fully saturated rings. The molecule has 0 saturated carbocycles. The zero-order valence-corrected chi connectivity index (χ0v) is 22.0. The van der Waals surface area contributed by atoms with Crippen LogP contribution in [0, 0.1) is 0 Å². The third kappa shape index (κ3) is 3.74. The van der Waals surface area contributed by atoms with Crippen molar-refractivity contribution in [1.29, 1.82) is 0 Å². The van der Waals surface area contributed by atoms with Crippen LogP contribution >= 0.6 is 23.1 Å². The van der Waals surface area contributed by atoms with E-state index in [2.05, 4.69) is 4.99 Å². The molecule has 0 aliphatic carbocycles. The van der Waals surface area contributed by atoms with Crippen LogP contribution in [0.2, 0.25) is 0 Å². The fourth-order valence-corrected chi connectivity index (χ4v) is 6.30. The summed E-state index contributed by atoms with van der Waals surface area (Å²) in [4.78, 5) is 48.4. The van der Waals surface area contributed by atoms with Crippen LogP contribution in [0.1, 0.15) is 37.9 Å². The van der Waals surface area contributed by atoms with Crippen molar-refractivity contribution in [3.05, 3.63) is 90.6 Å². The van der Waals surface area contributed by atoms with Gasteiger partial charge < -0.3 is 9.64 Å². The van der Waals surface area contributed by atoms with Gasteiger partial charge >= 0.3 is 5.97 Å². The highest BCUT2D eigenvalue weighted by molar-refractivity contribution is 7.98. The molecule has 1 atom stereocenters. The highest BCUT2D eigenvalue weighted by atomic mass is 32.2. The first-order chi connectivity index (χ1) is 17.4. The number of hydrogen-bond donors (Lipinski definition) is 0. The van der Waals surface area contributed by atoms with E-state index < -0.39 is 12.0 Å². The van der Waals surface area contributed by atoms with E-state index in [0.717, 1.165) is 21.7 Å². The second kappa shape index (κ2) is 9.55. The van der Waals surface area contributed by atoms with Gasteiger partial charge in [0, 0.05) is 17.0 Å². The lowest BCUT2D eigenvalue weighted by Crippen LogP contribution is -2.41. The number of hydrogen-bond acceptors (Lipinski definition) is 7. The molecule has 7 nitrogen and oxygen atoms in total. The third-order valence-electron chi connectivity index (χ3n) is 6.39. The molecule has 3 aromatic rings. The SMILES string of the molecule is CCOC(=O)C1=C(C)N=c2s/c(=C3/C(=O)N(CC)c4ccccc43)c(=O)n2[C@@H]1c1ccc(SC)cc1. The molecular weight excluding hydrogens is 494 g/mol. The van der Waals surface area contributed by atoms with Gasteiger partial charge in [0.1, 0.15) is 4.53 Å². The number of carbonyl (C=O) groups is 2. The Balaban J connectivity index is 1.81. The number of benzene rings is 2. The van der Waals surface area contributed by atoms with Crippen molar-refractivity contribution >= 4 is 46.2 Å². The number of nitrogens with zero attached hydrogens (tertiary/aromatic N) is 3. The van der Waals surface area contributed by atoms with Gasteiger partial charge in [0.15, 0.2) is 4.80 Å². The summed E-state index contributed by atoms with van der Waals surface area (Å²) in [6.07, 6.45) is 1.99. The Morgan fingerprint density at radius 3 is 2.50 bits per heavy atom. The van der Waals surface area contributed by atoms with Crippen molar-refractivity contribution in [2.75, 3.05) is 24.3 Å². The number of para-hydroxylation sites is 1. The molecule has 0 N–H and O–H groups in total. The lowest BCUT2D eigenvalue weighted by Gasteiger charge is -2.24. The van der Waals surface area contributed by atoms with E-state index in [1.807, 2.05) is 61.7 Å². The number of thiazole rings is 1. The van der Waals surface area contributed by atoms with Gasteiger partial charge in [0.2, 0.25) is 0 Å². The molecule has 1 aromatic heterocycles. The molecule has 184 valence electrons. The summed E-state index contributed by atoms with van der Waals surface area (Å²) in [6.45, 7) is 6.11. The molecule has 2 aliphatic rings. The van der Waals surface area contributed by atoms with Crippen LogP contribution in [0.15, 0.2) is 74.5 Å². The summed E-state index contributed by atoms with van der Waals surface area (Å²) in [5.74, 6) is -0.707. The minimum Gasteiger partial charge on any atom is -0.463 e. The summed E-state index contributed by atoms with van der Waals surface area (Å²) < 4.78 is 7.22. The van der Waals surface area contributed by atoms with Crippen molar-refractivity contribution < 1.29 is 14.3 Å². The first kappa shape index (κ1) is 24.3. The molecule has 2 aromatic carbocycles. The smallest absolute Gasteiger partial charge is 0.338 e. The van der Waals surface area contributed by atoms with Crippen molar-refractivity contribution in [2.45, 2.75) is 31.7 Å². The number of likely N-dealkylation sites (N-methyl/N-ethyl adjacent to an activating group) is 1. The average molecular weight is 520 g/mol. The molecule has 0 radical (unpaired) electrons. The van der Waals surface area contributed by atoms with Crippen LogP contribution in [0.25, 0.3) is 5.57 Å². The van der Waals surface area contributed by atoms with E-state index in [9.17, 15) is 14.4 Å². The van der Waals surface area contributed by atoms with E-state index in [1.54, 1.807) is 30.5 Å². The van der Waals surface area contributed by atoms with Gasteiger partial charge in [0.05, 0.1) is 35.2 Å². The van der Waals surface area contributed by atoms with Crippen LogP contribution in [0.3, 0.4) is 0 Å². The Bertz CT molecular complexity index is 1600. The topological polar surface area (TPSA) is 81.0 Å². The molecule has 1 amide bonds. The van der Waals surface area contributed by atoms with E-state index in [0.29, 0.717) is 32.7 Å². The minimum atomic E-state index is -0.709. The zero-order valence-electron chi connectivity index (χ0n) is 20.4. The van der Waals surface area contributed by atoms with Crippen molar-refractivity contribution in [3.63, 3.8) is 0 Å². The molecule has 3 heterocycles. The van der Waals surface area contributed by atoms with Crippen LogP contribution in [-0.4, -0.2) is 35.9 Å². The standard InChI is InChI=1S/C27H25N3O4S2/c1-5-29-19-10-8-7-9-18(19)21(24(29)31)23-25(32)30-22(16-11-13-17(35-4)14-12-16)20(26(33)34-6-2)15(3)28-27(30)36-23/h7-14,22H,5-6H2,1-4H3/b23-21+/t22-/m1/s1. The first-order valence-electron chi connectivity index (χ1n) is 11.7. The average Bonchev–Trinajstić information content (AvgIpc) is 3.35. The van der Waals surface area contributed by atoms with Crippen molar-refractivity contribution in [2.24, 2.45) is 4.99 Å². The van der Waals surface area contributed by atoms with Crippen LogP contribution in [-0.2, 0) is 14.3 Å². The maximum Gasteiger partial charge on any atom is 0.338 e. The molecule has 5 rings (SSSR count). The van der Waals surface area contributed by atoms with Gasteiger partial charge in [0.25, 0.3) is 11.5 Å². The number of anilines is 1. The van der Waals surface area contributed by atoms with E-state index in [1.165, 1.54) is 15.9 Å². The number of rotatable bonds is 5. The number of carbonyl (C=O) groups excluding carboxylic acids is 2. The maximum atomic E-state index is 14.0. The number of fused-ring (bicyclic) bond motifs is 2. The van der Waals surface area contributed by atoms with Gasteiger partial charge in [-0.1, -0.05) is 41.7 Å². The lowest BCUT2D eigenvalue weighted by atomic mass is 9.96. The number of aromatic nitrogens is 1. The fraction of sp³-hybridized carbons (Fsp3) is 0.259. The van der Waals surface area contributed by atoms with E-state index >= 15 is 0 Å². The van der Waals surface area contributed by atoms with Crippen LogP contribution in [0.4, 0.5) is 5.69 Å². The van der Waals surface area contributed by atoms with E-state index in [-0.39, 0.29) is 18.1 Å². The van der Waals surface area contributed by atoms with Gasteiger partial charge in [-0.3, -0.25) is 14.2 Å². The highest BCUT2D eigenvalue weighted by Crippen LogP contribution is 2.35. The Hall–Kier alpha value is -3.43. The predicted molar refractivity (Wildman–Crippen MR) is 142 cm³/mol. The molecule has 36 heavy (non-hydrogen) atoms. The number of ether oxygens (including phenoxy) is 1. The predicted octanol–water partition coefficient (Wildman–Crippen LogP) is 3.26. The van der Waals surface area contributed by atoms with Crippen molar-refractivity contribution in [3.8, 4) is 0 Å². The van der Waals surface area contributed by atoms with Crippen molar-refractivity contribution in [1.82, 2.24) is 4.57 Å². The Labute approximate surface area is 216 Å². The van der Waals surface area contributed by atoms with Crippen LogP contribution < -0.4 is 19.8 Å². The van der Waals surface area contributed by atoms with Crippen LogP contribution in [0.5, 0.6) is 0 Å². The number of esters is 1. The van der Waals surface area contributed by atoms with Gasteiger partial charge in [-0.25, -0.2) is 9.79 Å². The summed E-state index contributed by atoms with van der Waals surface area (Å²) in [5, 5.41) is 0. The Morgan fingerprint density at radius 1 is 1.11 bits per heavy atom. The minimum absolute atomic E-state index is 0.203. The lowest BCUT2D eigenvalue weighted by molar-refractivity contribution is -0.139. The normalized spacial score (nSPS) is 18.2. The molecule has 0 spiro atoms. The molecule has 9 heteroatoms. The monoisotopic (exact) mass is 519 g/mol. The molecule has 0 bridgehead atoms. The van der Waals surface area contributed by atoms with Gasteiger partial charge in [-0.2, -0.15) is 0 Å². The molecule has 2 aliphatic heterocycles. The summed E-state index contributed by atoms with van der Waals surface area (Å²) in [6, 6.07) is 14.6. The maximum absolute atomic E-state index is 14.0. The second-order valence-electron chi connectivity index (χ2n) is 8.34. The summed E-state index contributed by atoms with van der Waals surface area (Å²) >= 11 is 2.80. The zero-order chi connectivity index (χ0) is 25.6. The van der Waals surface area contributed by atoms with Gasteiger partial charge in [-0.05, 0) is 50.8 Å². The molecule has 0 unspecified atom stereocenters. The van der Waals surface area contributed by atoms with E-state index in [4.69, 9.17) is 4.74 Å². The second-order valence-corrected chi connectivity index (χ2v) is 10.2. The first-order valence-corrected chi connectivity index (χ1v) is 13.7. The fourth-order valence-electron chi connectivity index (χ4n) is 4.76.